The molecule has 1 aliphatic heterocycles. The van der Waals surface area contributed by atoms with E-state index in [1.807, 2.05) is 42.5 Å². The van der Waals surface area contributed by atoms with Gasteiger partial charge in [0.2, 0.25) is 0 Å². The Morgan fingerprint density at radius 3 is 2.45 bits per heavy atom. The van der Waals surface area contributed by atoms with Crippen LogP contribution in [0.15, 0.2) is 60.7 Å². The van der Waals surface area contributed by atoms with Gasteiger partial charge in [0, 0.05) is 41.6 Å². The average Bonchev–Trinajstić information content (AvgIpc) is 3.11. The summed E-state index contributed by atoms with van der Waals surface area (Å²) >= 11 is 5.96. The second-order valence-corrected chi connectivity index (χ2v) is 7.17. The molecule has 0 saturated heterocycles. The Balaban J connectivity index is 1.57. The third-order valence-corrected chi connectivity index (χ3v) is 5.10. The molecule has 0 spiro atoms. The minimum absolute atomic E-state index is 0.150. The van der Waals surface area contributed by atoms with Crippen LogP contribution in [-0.2, 0) is 13.1 Å². The lowest BCUT2D eigenvalue weighted by Crippen LogP contribution is -2.13. The Kier molecular flexibility index (Phi) is 4.82. The smallest absolute Gasteiger partial charge is 0.338 e. The molecule has 0 saturated carbocycles. The topological polar surface area (TPSA) is 95.7 Å². The molecule has 8 heteroatoms. The molecule has 0 unspecified atom stereocenters. The first kappa shape index (κ1) is 18.8. The maximum absolute atomic E-state index is 11.5. The Hall–Kier alpha value is -3.58. The summed E-state index contributed by atoms with van der Waals surface area (Å²) in [6, 6.07) is 17.3. The highest BCUT2D eigenvalue weighted by atomic mass is 35.5. The molecular formula is C21H16ClN3O4. The van der Waals surface area contributed by atoms with Gasteiger partial charge in [-0.05, 0) is 53.6 Å². The zero-order chi connectivity index (χ0) is 20.5. The van der Waals surface area contributed by atoms with Gasteiger partial charge in [-0.3, -0.25) is 10.1 Å². The summed E-state index contributed by atoms with van der Waals surface area (Å²) in [7, 11) is 0. The summed E-state index contributed by atoms with van der Waals surface area (Å²) in [6.07, 6.45) is 0. The predicted molar refractivity (Wildman–Crippen MR) is 111 cm³/mol. The van der Waals surface area contributed by atoms with Gasteiger partial charge in [0.25, 0.3) is 5.69 Å². The Morgan fingerprint density at radius 2 is 1.76 bits per heavy atom. The molecular weight excluding hydrogens is 394 g/mol. The van der Waals surface area contributed by atoms with Gasteiger partial charge in [0.15, 0.2) is 0 Å². The maximum Gasteiger partial charge on any atom is 0.338 e. The van der Waals surface area contributed by atoms with Crippen LogP contribution in [0.4, 0.5) is 22.7 Å². The van der Waals surface area contributed by atoms with Gasteiger partial charge in [0.1, 0.15) is 0 Å². The standard InChI is InChI=1S/C21H16ClN3O4/c22-15-2-5-17(6-3-15)24-11-13-1-4-16(9-14(13)12-24)23-20-8-7-18(25(28)29)10-19(20)21(26)27/h1-10,23H,11-12H2,(H,26,27). The fourth-order valence-electron chi connectivity index (χ4n) is 3.39. The molecule has 0 fully saturated rings. The van der Waals surface area contributed by atoms with Crippen LogP contribution in [-0.4, -0.2) is 16.0 Å². The molecule has 7 nitrogen and oxygen atoms in total. The number of carbonyl (C=O) groups is 1. The van der Waals surface area contributed by atoms with E-state index in [0.717, 1.165) is 36.1 Å². The number of benzene rings is 3. The number of hydrogen-bond donors (Lipinski definition) is 2. The fraction of sp³-hybridized carbons (Fsp3) is 0.0952. The van der Waals surface area contributed by atoms with Crippen molar-refractivity contribution in [3.05, 3.63) is 92.5 Å². The summed E-state index contributed by atoms with van der Waals surface area (Å²) < 4.78 is 0. The number of fused-ring (bicyclic) bond motifs is 1. The van der Waals surface area contributed by atoms with Crippen molar-refractivity contribution in [2.45, 2.75) is 13.1 Å². The Labute approximate surface area is 171 Å². The van der Waals surface area contributed by atoms with E-state index in [1.54, 1.807) is 0 Å². The zero-order valence-corrected chi connectivity index (χ0v) is 15.9. The first-order chi connectivity index (χ1) is 13.9. The summed E-state index contributed by atoms with van der Waals surface area (Å²) in [6.45, 7) is 1.49. The van der Waals surface area contributed by atoms with Crippen LogP contribution in [0.25, 0.3) is 0 Å². The number of carboxylic acids is 1. The molecule has 2 N–H and O–H groups in total. The lowest BCUT2D eigenvalue weighted by molar-refractivity contribution is -0.384. The first-order valence-corrected chi connectivity index (χ1v) is 9.19. The summed E-state index contributed by atoms with van der Waals surface area (Å²) in [5, 5.41) is 24.1. The molecule has 0 bridgehead atoms. The molecule has 1 heterocycles. The van der Waals surface area contributed by atoms with E-state index >= 15 is 0 Å². The van der Waals surface area contributed by atoms with E-state index in [1.165, 1.54) is 17.7 Å². The molecule has 3 aromatic rings. The van der Waals surface area contributed by atoms with Crippen molar-refractivity contribution in [2.75, 3.05) is 10.2 Å². The normalized spacial score (nSPS) is 12.5. The van der Waals surface area contributed by atoms with Gasteiger partial charge in [-0.25, -0.2) is 4.79 Å². The zero-order valence-electron chi connectivity index (χ0n) is 15.1. The van der Waals surface area contributed by atoms with Gasteiger partial charge in [0.05, 0.1) is 16.2 Å². The number of hydrogen-bond acceptors (Lipinski definition) is 5. The number of non-ortho nitro benzene ring substituents is 1. The van der Waals surface area contributed by atoms with E-state index < -0.39 is 10.9 Å². The van der Waals surface area contributed by atoms with E-state index in [2.05, 4.69) is 10.2 Å². The minimum Gasteiger partial charge on any atom is -0.478 e. The molecule has 4 rings (SSSR count). The van der Waals surface area contributed by atoms with Gasteiger partial charge >= 0.3 is 5.97 Å². The van der Waals surface area contributed by atoms with Crippen LogP contribution in [0.2, 0.25) is 5.02 Å². The lowest BCUT2D eigenvalue weighted by atomic mass is 10.1. The van der Waals surface area contributed by atoms with Crippen LogP contribution in [0.3, 0.4) is 0 Å². The fourth-order valence-corrected chi connectivity index (χ4v) is 3.52. The largest absolute Gasteiger partial charge is 0.478 e. The minimum atomic E-state index is -1.23. The highest BCUT2D eigenvalue weighted by molar-refractivity contribution is 6.30. The third-order valence-electron chi connectivity index (χ3n) is 4.84. The molecule has 0 aliphatic carbocycles. The SMILES string of the molecule is O=C(O)c1cc([N+](=O)[O-])ccc1Nc1ccc2c(c1)CN(c1ccc(Cl)cc1)C2. The molecule has 29 heavy (non-hydrogen) atoms. The van der Waals surface area contributed by atoms with Gasteiger partial charge in [-0.15, -0.1) is 0 Å². The van der Waals surface area contributed by atoms with Crippen molar-refractivity contribution in [3.63, 3.8) is 0 Å². The molecule has 0 radical (unpaired) electrons. The van der Waals surface area contributed by atoms with Gasteiger partial charge in [-0.1, -0.05) is 17.7 Å². The second-order valence-electron chi connectivity index (χ2n) is 6.73. The summed E-state index contributed by atoms with van der Waals surface area (Å²) in [5.74, 6) is -1.23. The molecule has 0 atom stereocenters. The van der Waals surface area contributed by atoms with Crippen LogP contribution in [0.1, 0.15) is 21.5 Å². The number of aromatic carboxylic acids is 1. The van der Waals surface area contributed by atoms with Crippen LogP contribution >= 0.6 is 11.6 Å². The van der Waals surface area contributed by atoms with Crippen LogP contribution in [0, 0.1) is 10.1 Å². The molecule has 1 aliphatic rings. The number of nitro groups is 1. The van der Waals surface area contributed by atoms with Crippen molar-refractivity contribution in [1.29, 1.82) is 0 Å². The Morgan fingerprint density at radius 1 is 1.03 bits per heavy atom. The number of rotatable bonds is 5. The number of nitro benzene ring substituents is 1. The van der Waals surface area contributed by atoms with Crippen molar-refractivity contribution < 1.29 is 14.8 Å². The van der Waals surface area contributed by atoms with Gasteiger partial charge < -0.3 is 15.3 Å². The number of halogens is 1. The van der Waals surface area contributed by atoms with Crippen molar-refractivity contribution in [1.82, 2.24) is 0 Å². The maximum atomic E-state index is 11.5. The van der Waals surface area contributed by atoms with Crippen molar-refractivity contribution in [2.24, 2.45) is 0 Å². The average molecular weight is 410 g/mol. The van der Waals surface area contributed by atoms with Crippen LogP contribution in [0.5, 0.6) is 0 Å². The number of carboxylic acid groups (broad SMARTS) is 1. The van der Waals surface area contributed by atoms with E-state index in [4.69, 9.17) is 11.6 Å². The first-order valence-electron chi connectivity index (χ1n) is 8.82. The molecule has 3 aromatic carbocycles. The monoisotopic (exact) mass is 409 g/mol. The highest BCUT2D eigenvalue weighted by Gasteiger charge is 2.21. The third kappa shape index (κ3) is 3.86. The van der Waals surface area contributed by atoms with Gasteiger partial charge in [-0.2, -0.15) is 0 Å². The van der Waals surface area contributed by atoms with Crippen molar-refractivity contribution >= 4 is 40.3 Å². The number of anilines is 3. The highest BCUT2D eigenvalue weighted by Crippen LogP contribution is 2.32. The number of nitrogens with one attached hydrogen (secondary N) is 1. The molecule has 146 valence electrons. The van der Waals surface area contributed by atoms with Crippen molar-refractivity contribution in [3.8, 4) is 0 Å². The summed E-state index contributed by atoms with van der Waals surface area (Å²) in [5.41, 5.74) is 4.00. The quantitative estimate of drug-likeness (QED) is 0.443. The molecule has 0 aromatic heterocycles. The second kappa shape index (κ2) is 7.44. The van der Waals surface area contributed by atoms with E-state index in [0.29, 0.717) is 10.7 Å². The molecule has 0 amide bonds. The van der Waals surface area contributed by atoms with E-state index in [-0.39, 0.29) is 11.3 Å². The summed E-state index contributed by atoms with van der Waals surface area (Å²) in [4.78, 5) is 24.0. The Bertz CT molecular complexity index is 1120. The van der Waals surface area contributed by atoms with E-state index in [9.17, 15) is 20.0 Å². The lowest BCUT2D eigenvalue weighted by Gasteiger charge is -2.17. The van der Waals surface area contributed by atoms with Crippen LogP contribution < -0.4 is 10.2 Å². The number of nitrogens with zero attached hydrogens (tertiary/aromatic N) is 2. The predicted octanol–water partition coefficient (Wildman–Crippen LogP) is 5.21.